The molecule has 0 aromatic carbocycles. The molecule has 0 aromatic rings. The molecule has 1 aliphatic rings. The average Bonchev–Trinajstić information content (AvgIpc) is 2.19. The van der Waals surface area contributed by atoms with Crippen LogP contribution >= 0.6 is 0 Å². The minimum Gasteiger partial charge on any atom is -0.351 e. The fraction of sp³-hybridized carbons (Fsp3) is 0.900. The summed E-state index contributed by atoms with van der Waals surface area (Å²) in [7, 11) is -3.30. The third kappa shape index (κ3) is 3.45. The molecule has 1 fully saturated rings. The maximum absolute atomic E-state index is 11.7. The number of nitrogens with one attached hydrogen (secondary N) is 2. The van der Waals surface area contributed by atoms with Crippen molar-refractivity contribution in [2.75, 3.05) is 19.3 Å². The van der Waals surface area contributed by atoms with Gasteiger partial charge in [0.2, 0.25) is 5.91 Å². The van der Waals surface area contributed by atoms with Crippen molar-refractivity contribution in [3.8, 4) is 0 Å². The first-order valence-electron chi connectivity index (χ1n) is 5.52. The Labute approximate surface area is 96.9 Å². The maximum Gasteiger partial charge on any atom is 0.238 e. The van der Waals surface area contributed by atoms with Gasteiger partial charge in [-0.05, 0) is 25.8 Å². The quantitative estimate of drug-likeness (QED) is 0.708. The third-order valence-corrected chi connectivity index (χ3v) is 4.67. The van der Waals surface area contributed by atoms with E-state index in [-0.39, 0.29) is 6.04 Å². The first kappa shape index (κ1) is 13.4. The molecule has 3 unspecified atom stereocenters. The van der Waals surface area contributed by atoms with Gasteiger partial charge in [0.25, 0.3) is 0 Å². The molecule has 94 valence electrons. The molecule has 0 spiro atoms. The monoisotopic (exact) mass is 248 g/mol. The molecule has 1 rings (SSSR count). The number of rotatable bonds is 3. The molecule has 16 heavy (non-hydrogen) atoms. The number of amides is 1. The van der Waals surface area contributed by atoms with E-state index in [1.807, 2.05) is 0 Å². The summed E-state index contributed by atoms with van der Waals surface area (Å²) in [6, 6.07) is 0.0328. The van der Waals surface area contributed by atoms with Gasteiger partial charge in [-0.15, -0.1) is 0 Å². The molecule has 0 aliphatic carbocycles. The van der Waals surface area contributed by atoms with E-state index in [0.29, 0.717) is 12.5 Å². The van der Waals surface area contributed by atoms with E-state index < -0.39 is 21.0 Å². The van der Waals surface area contributed by atoms with Crippen LogP contribution in [0, 0.1) is 5.92 Å². The van der Waals surface area contributed by atoms with Gasteiger partial charge >= 0.3 is 0 Å². The number of piperidine rings is 1. The molecule has 2 N–H and O–H groups in total. The number of carbonyl (C=O) groups excluding carboxylic acids is 1. The van der Waals surface area contributed by atoms with Crippen molar-refractivity contribution in [1.29, 1.82) is 0 Å². The molecule has 0 aromatic heterocycles. The van der Waals surface area contributed by atoms with Crippen LogP contribution in [0.25, 0.3) is 0 Å². The first-order chi connectivity index (χ1) is 7.32. The highest BCUT2D eigenvalue weighted by Gasteiger charge is 2.28. The fourth-order valence-corrected chi connectivity index (χ4v) is 2.13. The van der Waals surface area contributed by atoms with Crippen LogP contribution in [0.1, 0.15) is 20.3 Å². The van der Waals surface area contributed by atoms with Crippen molar-refractivity contribution in [3.05, 3.63) is 0 Å². The summed E-state index contributed by atoms with van der Waals surface area (Å²) in [5.74, 6) is -0.0139. The van der Waals surface area contributed by atoms with Gasteiger partial charge < -0.3 is 10.6 Å². The van der Waals surface area contributed by atoms with Gasteiger partial charge in [-0.3, -0.25) is 4.79 Å². The second kappa shape index (κ2) is 5.14. The Hall–Kier alpha value is -0.620. The summed E-state index contributed by atoms with van der Waals surface area (Å²) in [5, 5.41) is 5.01. The summed E-state index contributed by atoms with van der Waals surface area (Å²) in [5.41, 5.74) is 0. The molecule has 0 saturated carbocycles. The Bertz CT molecular complexity index is 353. The van der Waals surface area contributed by atoms with Gasteiger partial charge in [-0.1, -0.05) is 6.92 Å². The summed E-state index contributed by atoms with van der Waals surface area (Å²) < 4.78 is 22.4. The highest BCUT2D eigenvalue weighted by molar-refractivity contribution is 7.92. The molecular formula is C10H20N2O3S. The SMILES string of the molecule is CC1CCNCC1NC(=O)C(C)S(C)(=O)=O. The summed E-state index contributed by atoms with van der Waals surface area (Å²) in [6.07, 6.45) is 2.08. The predicted octanol–water partition coefficient (Wildman–Crippen LogP) is -0.466. The van der Waals surface area contributed by atoms with Crippen molar-refractivity contribution in [2.24, 2.45) is 5.92 Å². The second-order valence-corrected chi connectivity index (χ2v) is 6.92. The van der Waals surface area contributed by atoms with E-state index in [1.165, 1.54) is 6.92 Å². The highest BCUT2D eigenvalue weighted by atomic mass is 32.2. The summed E-state index contributed by atoms with van der Waals surface area (Å²) in [6.45, 7) is 5.15. The van der Waals surface area contributed by atoms with Crippen LogP contribution in [0.4, 0.5) is 0 Å². The smallest absolute Gasteiger partial charge is 0.238 e. The summed E-state index contributed by atoms with van der Waals surface area (Å²) in [4.78, 5) is 11.7. The van der Waals surface area contributed by atoms with E-state index in [2.05, 4.69) is 17.6 Å². The van der Waals surface area contributed by atoms with E-state index in [4.69, 9.17) is 0 Å². The minimum atomic E-state index is -3.30. The molecule has 1 saturated heterocycles. The normalized spacial score (nSPS) is 28.4. The van der Waals surface area contributed by atoms with Gasteiger partial charge in [-0.25, -0.2) is 8.42 Å². The standard InChI is InChI=1S/C10H20N2O3S/c1-7-4-5-11-6-9(7)12-10(13)8(2)16(3,14)15/h7-9,11H,4-6H2,1-3H3,(H,12,13). The lowest BCUT2D eigenvalue weighted by Gasteiger charge is -2.30. The van der Waals surface area contributed by atoms with Gasteiger partial charge in [-0.2, -0.15) is 0 Å². The van der Waals surface area contributed by atoms with E-state index in [1.54, 1.807) is 0 Å². The molecule has 0 radical (unpaired) electrons. The Morgan fingerprint density at radius 1 is 1.50 bits per heavy atom. The number of carbonyl (C=O) groups is 1. The van der Waals surface area contributed by atoms with Crippen molar-refractivity contribution in [1.82, 2.24) is 10.6 Å². The maximum atomic E-state index is 11.7. The van der Waals surface area contributed by atoms with Crippen molar-refractivity contribution >= 4 is 15.7 Å². The Balaban J connectivity index is 2.57. The van der Waals surface area contributed by atoms with E-state index >= 15 is 0 Å². The number of hydrogen-bond acceptors (Lipinski definition) is 4. The molecule has 1 heterocycles. The molecule has 3 atom stereocenters. The van der Waals surface area contributed by atoms with Crippen LogP contribution in [0.15, 0.2) is 0 Å². The lowest BCUT2D eigenvalue weighted by molar-refractivity contribution is -0.121. The molecule has 1 amide bonds. The first-order valence-corrected chi connectivity index (χ1v) is 7.47. The zero-order valence-electron chi connectivity index (χ0n) is 9.99. The van der Waals surface area contributed by atoms with Crippen LogP contribution in [-0.2, 0) is 14.6 Å². The Morgan fingerprint density at radius 2 is 2.12 bits per heavy atom. The highest BCUT2D eigenvalue weighted by Crippen LogP contribution is 2.11. The molecule has 1 aliphatic heterocycles. The van der Waals surface area contributed by atoms with Crippen molar-refractivity contribution in [2.45, 2.75) is 31.6 Å². The molecular weight excluding hydrogens is 228 g/mol. The van der Waals surface area contributed by atoms with Crippen LogP contribution in [-0.4, -0.2) is 45.0 Å². The van der Waals surface area contributed by atoms with Crippen LogP contribution in [0.2, 0.25) is 0 Å². The summed E-state index contributed by atoms with van der Waals surface area (Å²) >= 11 is 0. The zero-order valence-corrected chi connectivity index (χ0v) is 10.8. The van der Waals surface area contributed by atoms with E-state index in [9.17, 15) is 13.2 Å². The Morgan fingerprint density at radius 3 is 2.62 bits per heavy atom. The molecule has 0 bridgehead atoms. The fourth-order valence-electron chi connectivity index (χ4n) is 1.68. The van der Waals surface area contributed by atoms with E-state index in [0.717, 1.165) is 19.2 Å². The minimum absolute atomic E-state index is 0.0328. The largest absolute Gasteiger partial charge is 0.351 e. The van der Waals surface area contributed by atoms with Gasteiger partial charge in [0.05, 0.1) is 0 Å². The van der Waals surface area contributed by atoms with Gasteiger partial charge in [0.1, 0.15) is 5.25 Å². The number of hydrogen-bond donors (Lipinski definition) is 2. The number of sulfone groups is 1. The van der Waals surface area contributed by atoms with Crippen molar-refractivity contribution < 1.29 is 13.2 Å². The van der Waals surface area contributed by atoms with Gasteiger partial charge in [0, 0.05) is 18.8 Å². The topological polar surface area (TPSA) is 75.3 Å². The Kier molecular flexibility index (Phi) is 4.32. The lowest BCUT2D eigenvalue weighted by atomic mass is 9.95. The predicted molar refractivity (Wildman–Crippen MR) is 62.9 cm³/mol. The molecule has 5 nitrogen and oxygen atoms in total. The molecule has 6 heteroatoms. The van der Waals surface area contributed by atoms with Crippen LogP contribution < -0.4 is 10.6 Å². The second-order valence-electron chi connectivity index (χ2n) is 4.56. The zero-order chi connectivity index (χ0) is 12.3. The third-order valence-electron chi connectivity index (χ3n) is 3.17. The van der Waals surface area contributed by atoms with Crippen LogP contribution in [0.3, 0.4) is 0 Å². The average molecular weight is 248 g/mol. The van der Waals surface area contributed by atoms with Crippen molar-refractivity contribution in [3.63, 3.8) is 0 Å². The lowest BCUT2D eigenvalue weighted by Crippen LogP contribution is -2.53. The van der Waals surface area contributed by atoms with Gasteiger partial charge in [0.15, 0.2) is 9.84 Å². The van der Waals surface area contributed by atoms with Crippen LogP contribution in [0.5, 0.6) is 0 Å².